The molecule has 1 aromatic carbocycles. The molecule has 3 nitrogen and oxygen atoms in total. The molecule has 1 unspecified atom stereocenters. The van der Waals surface area contributed by atoms with Crippen LogP contribution in [-0.2, 0) is 6.42 Å². The molecular formula is C17H29N3. The summed E-state index contributed by atoms with van der Waals surface area (Å²) in [5, 5.41) is 0. The number of benzene rings is 1. The Balaban J connectivity index is 1.75. The second kappa shape index (κ2) is 7.77. The minimum Gasteiger partial charge on any atom is -0.323 e. The second-order valence-electron chi connectivity index (χ2n) is 6.01. The third-order valence-electron chi connectivity index (χ3n) is 4.32. The van der Waals surface area contributed by atoms with E-state index in [1.54, 1.807) is 0 Å². The molecular weight excluding hydrogens is 246 g/mol. The summed E-state index contributed by atoms with van der Waals surface area (Å²) >= 11 is 0. The lowest BCUT2D eigenvalue weighted by molar-refractivity contribution is 0.248. The average molecular weight is 275 g/mol. The molecule has 1 saturated heterocycles. The van der Waals surface area contributed by atoms with Crippen LogP contribution in [0.3, 0.4) is 0 Å². The zero-order valence-corrected chi connectivity index (χ0v) is 13.0. The lowest BCUT2D eigenvalue weighted by Gasteiger charge is -2.24. The van der Waals surface area contributed by atoms with Gasteiger partial charge < -0.3 is 15.5 Å². The SMILES string of the molecule is CCc1ccc(C(N)CN(C)CCN2CCCC2)cc1. The molecule has 0 amide bonds. The van der Waals surface area contributed by atoms with Crippen molar-refractivity contribution in [1.29, 1.82) is 0 Å². The van der Waals surface area contributed by atoms with Crippen LogP contribution in [0, 0.1) is 0 Å². The van der Waals surface area contributed by atoms with Crippen LogP contribution in [0.2, 0.25) is 0 Å². The van der Waals surface area contributed by atoms with Gasteiger partial charge in [-0.15, -0.1) is 0 Å². The van der Waals surface area contributed by atoms with E-state index in [-0.39, 0.29) is 6.04 Å². The molecule has 1 atom stereocenters. The lowest BCUT2D eigenvalue weighted by Crippen LogP contribution is -2.35. The van der Waals surface area contributed by atoms with Crippen molar-refractivity contribution < 1.29 is 0 Å². The third kappa shape index (κ3) is 4.58. The molecule has 0 aromatic heterocycles. The summed E-state index contributed by atoms with van der Waals surface area (Å²) in [7, 11) is 2.18. The van der Waals surface area contributed by atoms with Gasteiger partial charge in [0, 0.05) is 25.7 Å². The van der Waals surface area contributed by atoms with Crippen molar-refractivity contribution in [3.8, 4) is 0 Å². The molecule has 2 rings (SSSR count). The van der Waals surface area contributed by atoms with Gasteiger partial charge in [0.2, 0.25) is 0 Å². The number of nitrogens with zero attached hydrogens (tertiary/aromatic N) is 2. The van der Waals surface area contributed by atoms with Gasteiger partial charge in [-0.1, -0.05) is 31.2 Å². The van der Waals surface area contributed by atoms with Crippen LogP contribution >= 0.6 is 0 Å². The molecule has 0 aliphatic carbocycles. The number of hydrogen-bond donors (Lipinski definition) is 1. The Hall–Kier alpha value is -0.900. The van der Waals surface area contributed by atoms with Crippen molar-refractivity contribution in [1.82, 2.24) is 9.80 Å². The summed E-state index contributed by atoms with van der Waals surface area (Å²) in [4.78, 5) is 4.91. The predicted octanol–water partition coefficient (Wildman–Crippen LogP) is 2.28. The Labute approximate surface area is 123 Å². The van der Waals surface area contributed by atoms with Gasteiger partial charge in [0.25, 0.3) is 0 Å². The van der Waals surface area contributed by atoms with Crippen LogP contribution in [0.15, 0.2) is 24.3 Å². The number of rotatable bonds is 7. The van der Waals surface area contributed by atoms with E-state index < -0.39 is 0 Å². The molecule has 20 heavy (non-hydrogen) atoms. The van der Waals surface area contributed by atoms with E-state index in [4.69, 9.17) is 5.73 Å². The number of hydrogen-bond acceptors (Lipinski definition) is 3. The summed E-state index contributed by atoms with van der Waals surface area (Å²) in [6.07, 6.45) is 3.82. The Morgan fingerprint density at radius 1 is 1.20 bits per heavy atom. The van der Waals surface area contributed by atoms with Crippen molar-refractivity contribution in [3.05, 3.63) is 35.4 Å². The Morgan fingerprint density at radius 3 is 2.45 bits per heavy atom. The van der Waals surface area contributed by atoms with E-state index in [9.17, 15) is 0 Å². The van der Waals surface area contributed by atoms with E-state index in [1.165, 1.54) is 43.6 Å². The first-order chi connectivity index (χ1) is 9.69. The summed E-state index contributed by atoms with van der Waals surface area (Å²) in [5.74, 6) is 0. The first-order valence-electron chi connectivity index (χ1n) is 7.94. The molecule has 1 heterocycles. The van der Waals surface area contributed by atoms with Gasteiger partial charge in [-0.05, 0) is 50.5 Å². The summed E-state index contributed by atoms with van der Waals surface area (Å²) in [5.41, 5.74) is 8.94. The highest BCUT2D eigenvalue weighted by molar-refractivity contribution is 5.25. The van der Waals surface area contributed by atoms with E-state index in [2.05, 4.69) is 48.0 Å². The molecule has 1 fully saturated rings. The highest BCUT2D eigenvalue weighted by atomic mass is 15.2. The van der Waals surface area contributed by atoms with Crippen LogP contribution in [-0.4, -0.2) is 49.6 Å². The van der Waals surface area contributed by atoms with Crippen molar-refractivity contribution >= 4 is 0 Å². The molecule has 1 aliphatic heterocycles. The quantitative estimate of drug-likeness (QED) is 0.828. The molecule has 3 heteroatoms. The van der Waals surface area contributed by atoms with Gasteiger partial charge in [-0.25, -0.2) is 0 Å². The van der Waals surface area contributed by atoms with Crippen molar-refractivity contribution in [2.75, 3.05) is 39.8 Å². The van der Waals surface area contributed by atoms with Gasteiger partial charge in [0.1, 0.15) is 0 Å². The molecule has 0 saturated carbocycles. The largest absolute Gasteiger partial charge is 0.323 e. The maximum Gasteiger partial charge on any atom is 0.0424 e. The van der Waals surface area contributed by atoms with Crippen LogP contribution in [0.4, 0.5) is 0 Å². The van der Waals surface area contributed by atoms with Gasteiger partial charge >= 0.3 is 0 Å². The Bertz CT molecular complexity index is 382. The fraction of sp³-hybridized carbons (Fsp3) is 0.647. The summed E-state index contributed by atoms with van der Waals surface area (Å²) < 4.78 is 0. The van der Waals surface area contributed by atoms with Crippen molar-refractivity contribution in [2.24, 2.45) is 5.73 Å². The molecule has 112 valence electrons. The zero-order valence-electron chi connectivity index (χ0n) is 13.0. The Morgan fingerprint density at radius 2 is 1.85 bits per heavy atom. The predicted molar refractivity (Wildman–Crippen MR) is 85.9 cm³/mol. The molecule has 2 N–H and O–H groups in total. The third-order valence-corrected chi connectivity index (χ3v) is 4.32. The minimum atomic E-state index is 0.115. The van der Waals surface area contributed by atoms with E-state index in [1.807, 2.05) is 0 Å². The molecule has 1 aliphatic rings. The van der Waals surface area contributed by atoms with Crippen LogP contribution in [0.25, 0.3) is 0 Å². The maximum absolute atomic E-state index is 6.32. The first kappa shape index (κ1) is 15.5. The summed E-state index contributed by atoms with van der Waals surface area (Å²) in [6.45, 7) is 7.95. The number of nitrogens with two attached hydrogens (primary N) is 1. The maximum atomic E-state index is 6.32. The molecule has 1 aromatic rings. The second-order valence-corrected chi connectivity index (χ2v) is 6.01. The lowest BCUT2D eigenvalue weighted by atomic mass is 10.0. The number of aryl methyl sites for hydroxylation is 1. The minimum absolute atomic E-state index is 0.115. The van der Waals surface area contributed by atoms with Crippen LogP contribution in [0.1, 0.15) is 36.9 Å². The standard InChI is InChI=1S/C17H29N3/c1-3-15-6-8-16(9-7-15)17(18)14-19(2)12-13-20-10-4-5-11-20/h6-9,17H,3-5,10-14,18H2,1-2H3. The number of likely N-dealkylation sites (N-methyl/N-ethyl adjacent to an activating group) is 1. The van der Waals surface area contributed by atoms with Gasteiger partial charge in [0.05, 0.1) is 0 Å². The van der Waals surface area contributed by atoms with E-state index >= 15 is 0 Å². The van der Waals surface area contributed by atoms with Crippen LogP contribution < -0.4 is 5.73 Å². The summed E-state index contributed by atoms with van der Waals surface area (Å²) in [6, 6.07) is 8.86. The van der Waals surface area contributed by atoms with Gasteiger partial charge in [-0.3, -0.25) is 0 Å². The monoisotopic (exact) mass is 275 g/mol. The zero-order chi connectivity index (χ0) is 14.4. The molecule has 0 radical (unpaired) electrons. The van der Waals surface area contributed by atoms with Crippen molar-refractivity contribution in [2.45, 2.75) is 32.2 Å². The normalized spacial score (nSPS) is 17.8. The van der Waals surface area contributed by atoms with Crippen molar-refractivity contribution in [3.63, 3.8) is 0 Å². The Kier molecular flexibility index (Phi) is 6.02. The van der Waals surface area contributed by atoms with Crippen LogP contribution in [0.5, 0.6) is 0 Å². The smallest absolute Gasteiger partial charge is 0.0424 e. The first-order valence-corrected chi connectivity index (χ1v) is 7.94. The fourth-order valence-corrected chi connectivity index (χ4v) is 2.85. The van der Waals surface area contributed by atoms with Gasteiger partial charge in [-0.2, -0.15) is 0 Å². The van der Waals surface area contributed by atoms with E-state index in [0.29, 0.717) is 0 Å². The highest BCUT2D eigenvalue weighted by Gasteiger charge is 2.13. The fourth-order valence-electron chi connectivity index (χ4n) is 2.85. The van der Waals surface area contributed by atoms with E-state index in [0.717, 1.165) is 19.5 Å². The molecule has 0 spiro atoms. The molecule has 0 bridgehead atoms. The topological polar surface area (TPSA) is 32.5 Å². The average Bonchev–Trinajstić information content (AvgIpc) is 2.98. The number of likely N-dealkylation sites (tertiary alicyclic amines) is 1. The van der Waals surface area contributed by atoms with Gasteiger partial charge in [0.15, 0.2) is 0 Å². The highest BCUT2D eigenvalue weighted by Crippen LogP contribution is 2.13.